The lowest BCUT2D eigenvalue weighted by Crippen LogP contribution is -2.41. The summed E-state index contributed by atoms with van der Waals surface area (Å²) in [4.78, 5) is 2.71. The van der Waals surface area contributed by atoms with Gasteiger partial charge in [0.2, 0.25) is 0 Å². The van der Waals surface area contributed by atoms with E-state index in [0.717, 1.165) is 24.7 Å². The fraction of sp³-hybridized carbons (Fsp3) is 0.647. The van der Waals surface area contributed by atoms with E-state index in [0.29, 0.717) is 12.1 Å². The zero-order valence-electron chi connectivity index (χ0n) is 12.1. The molecular weight excluding hydrogens is 248 g/mol. The third-order valence-corrected chi connectivity index (χ3v) is 5.02. The fourth-order valence-corrected chi connectivity index (χ4v) is 3.78. The lowest BCUT2D eigenvalue weighted by Gasteiger charge is -2.36. The van der Waals surface area contributed by atoms with Crippen molar-refractivity contribution in [1.29, 1.82) is 0 Å². The monoisotopic (exact) mass is 272 g/mol. The molecule has 20 heavy (non-hydrogen) atoms. The molecule has 1 saturated heterocycles. The lowest BCUT2D eigenvalue weighted by molar-refractivity contribution is 0.135. The van der Waals surface area contributed by atoms with Gasteiger partial charge in [-0.15, -0.1) is 0 Å². The van der Waals surface area contributed by atoms with Gasteiger partial charge in [-0.3, -0.25) is 4.90 Å². The summed E-state index contributed by atoms with van der Waals surface area (Å²) in [5.41, 5.74) is 1.40. The van der Waals surface area contributed by atoms with Gasteiger partial charge in [-0.25, -0.2) is 0 Å². The highest BCUT2D eigenvalue weighted by Gasteiger charge is 2.36. The van der Waals surface area contributed by atoms with Gasteiger partial charge < -0.3 is 10.1 Å². The van der Waals surface area contributed by atoms with Crippen molar-refractivity contribution < 1.29 is 4.74 Å². The second-order valence-corrected chi connectivity index (χ2v) is 6.44. The quantitative estimate of drug-likeness (QED) is 0.895. The van der Waals surface area contributed by atoms with Crippen LogP contribution >= 0.6 is 0 Å². The van der Waals surface area contributed by atoms with Gasteiger partial charge >= 0.3 is 0 Å². The van der Waals surface area contributed by atoms with E-state index in [4.69, 9.17) is 4.74 Å². The standard InChI is InChI=1S/C17H24N2O/c1-2-5-17-14(4-1)16(8-11-20-17)19-10-3-9-18-15(12-19)13-6-7-13/h1-2,4-5,13,15-16,18H,3,6-12H2. The number of hydrogen-bond acceptors (Lipinski definition) is 3. The predicted molar refractivity (Wildman–Crippen MR) is 80.0 cm³/mol. The maximum Gasteiger partial charge on any atom is 0.124 e. The molecule has 2 atom stereocenters. The van der Waals surface area contributed by atoms with Crippen LogP contribution in [-0.2, 0) is 0 Å². The normalized spacial score (nSPS) is 31.2. The molecule has 2 aliphatic heterocycles. The average Bonchev–Trinajstić information content (AvgIpc) is 3.32. The Hall–Kier alpha value is -1.06. The van der Waals surface area contributed by atoms with Crippen LogP contribution in [-0.4, -0.2) is 37.2 Å². The first-order chi connectivity index (χ1) is 9.92. The van der Waals surface area contributed by atoms with Crippen molar-refractivity contribution in [3.8, 4) is 5.75 Å². The Kier molecular flexibility index (Phi) is 3.41. The molecule has 2 unspecified atom stereocenters. The zero-order chi connectivity index (χ0) is 13.4. The van der Waals surface area contributed by atoms with Crippen LogP contribution in [0.1, 0.15) is 37.3 Å². The Balaban J connectivity index is 1.56. The number of nitrogens with zero attached hydrogens (tertiary/aromatic N) is 1. The van der Waals surface area contributed by atoms with E-state index in [2.05, 4.69) is 34.5 Å². The summed E-state index contributed by atoms with van der Waals surface area (Å²) in [5, 5.41) is 3.76. The first-order valence-corrected chi connectivity index (χ1v) is 8.11. The lowest BCUT2D eigenvalue weighted by atomic mass is 9.98. The molecule has 1 N–H and O–H groups in total. The van der Waals surface area contributed by atoms with Gasteiger partial charge in [-0.1, -0.05) is 18.2 Å². The molecule has 1 aliphatic carbocycles. The third-order valence-electron chi connectivity index (χ3n) is 5.02. The van der Waals surface area contributed by atoms with Crippen molar-refractivity contribution in [2.45, 2.75) is 37.8 Å². The molecule has 2 fully saturated rings. The molecule has 0 spiro atoms. The van der Waals surface area contributed by atoms with Crippen molar-refractivity contribution in [3.63, 3.8) is 0 Å². The average molecular weight is 272 g/mol. The van der Waals surface area contributed by atoms with Gasteiger partial charge in [0.15, 0.2) is 0 Å². The molecule has 1 aromatic carbocycles. The largest absolute Gasteiger partial charge is 0.493 e. The maximum absolute atomic E-state index is 5.82. The number of hydrogen-bond donors (Lipinski definition) is 1. The predicted octanol–water partition coefficient (Wildman–Crippen LogP) is 2.58. The molecule has 0 aromatic heterocycles. The SMILES string of the molecule is c1ccc2c(c1)OCCC2N1CCCNC(C2CC2)C1. The molecule has 3 nitrogen and oxygen atoms in total. The Morgan fingerprint density at radius 3 is 2.95 bits per heavy atom. The summed E-state index contributed by atoms with van der Waals surface area (Å²) in [5.74, 6) is 2.04. The van der Waals surface area contributed by atoms with Crippen LogP contribution in [0.25, 0.3) is 0 Å². The molecule has 2 heterocycles. The highest BCUT2D eigenvalue weighted by Crippen LogP contribution is 2.38. The molecule has 1 aromatic rings. The molecule has 0 amide bonds. The second kappa shape index (κ2) is 5.38. The van der Waals surface area contributed by atoms with Gasteiger partial charge in [0.25, 0.3) is 0 Å². The van der Waals surface area contributed by atoms with E-state index in [1.165, 1.54) is 44.5 Å². The van der Waals surface area contributed by atoms with Crippen LogP contribution < -0.4 is 10.1 Å². The topological polar surface area (TPSA) is 24.5 Å². The van der Waals surface area contributed by atoms with Crippen molar-refractivity contribution in [2.24, 2.45) is 5.92 Å². The van der Waals surface area contributed by atoms with Gasteiger partial charge in [0, 0.05) is 37.2 Å². The molecule has 1 saturated carbocycles. The summed E-state index contributed by atoms with van der Waals surface area (Å²) in [6.07, 6.45) is 5.25. The number of fused-ring (bicyclic) bond motifs is 1. The van der Waals surface area contributed by atoms with Crippen LogP contribution in [0.15, 0.2) is 24.3 Å². The summed E-state index contributed by atoms with van der Waals surface area (Å²) < 4.78 is 5.82. The molecule has 4 rings (SSSR count). The highest BCUT2D eigenvalue weighted by molar-refractivity contribution is 5.37. The minimum absolute atomic E-state index is 0.557. The highest BCUT2D eigenvalue weighted by atomic mass is 16.5. The molecule has 3 heteroatoms. The van der Waals surface area contributed by atoms with Crippen LogP contribution in [0, 0.1) is 5.92 Å². The molecule has 108 valence electrons. The Morgan fingerprint density at radius 2 is 2.05 bits per heavy atom. The summed E-state index contributed by atoms with van der Waals surface area (Å²) in [6.45, 7) is 4.47. The molecular formula is C17H24N2O. The Bertz CT molecular complexity index is 472. The third kappa shape index (κ3) is 2.45. The van der Waals surface area contributed by atoms with E-state index in [1.807, 2.05) is 0 Å². The van der Waals surface area contributed by atoms with E-state index < -0.39 is 0 Å². The summed E-state index contributed by atoms with van der Waals surface area (Å²) in [7, 11) is 0. The summed E-state index contributed by atoms with van der Waals surface area (Å²) in [6, 6.07) is 9.88. The van der Waals surface area contributed by atoms with E-state index in [-0.39, 0.29) is 0 Å². The first-order valence-electron chi connectivity index (χ1n) is 8.11. The van der Waals surface area contributed by atoms with Gasteiger partial charge in [-0.2, -0.15) is 0 Å². The molecule has 3 aliphatic rings. The van der Waals surface area contributed by atoms with E-state index in [9.17, 15) is 0 Å². The Morgan fingerprint density at radius 1 is 1.15 bits per heavy atom. The van der Waals surface area contributed by atoms with Crippen molar-refractivity contribution in [1.82, 2.24) is 10.2 Å². The smallest absolute Gasteiger partial charge is 0.124 e. The van der Waals surface area contributed by atoms with Gasteiger partial charge in [0.1, 0.15) is 5.75 Å². The van der Waals surface area contributed by atoms with E-state index >= 15 is 0 Å². The minimum atomic E-state index is 0.557. The van der Waals surface area contributed by atoms with Crippen LogP contribution in [0.2, 0.25) is 0 Å². The Labute approximate surface area is 121 Å². The van der Waals surface area contributed by atoms with Gasteiger partial charge in [0.05, 0.1) is 6.61 Å². The number of benzene rings is 1. The number of ether oxygens (including phenoxy) is 1. The number of rotatable bonds is 2. The zero-order valence-corrected chi connectivity index (χ0v) is 12.1. The van der Waals surface area contributed by atoms with Crippen LogP contribution in [0.4, 0.5) is 0 Å². The number of para-hydroxylation sites is 1. The maximum atomic E-state index is 5.82. The van der Waals surface area contributed by atoms with Crippen molar-refractivity contribution in [3.05, 3.63) is 29.8 Å². The molecule has 0 bridgehead atoms. The number of nitrogens with one attached hydrogen (secondary N) is 1. The van der Waals surface area contributed by atoms with Crippen molar-refractivity contribution in [2.75, 3.05) is 26.2 Å². The fourth-order valence-electron chi connectivity index (χ4n) is 3.78. The molecule has 0 radical (unpaired) electrons. The minimum Gasteiger partial charge on any atom is -0.493 e. The first kappa shape index (κ1) is 12.7. The second-order valence-electron chi connectivity index (χ2n) is 6.44. The van der Waals surface area contributed by atoms with Crippen molar-refractivity contribution >= 4 is 0 Å². The van der Waals surface area contributed by atoms with Crippen LogP contribution in [0.5, 0.6) is 5.75 Å². The van der Waals surface area contributed by atoms with E-state index in [1.54, 1.807) is 0 Å². The summed E-state index contributed by atoms with van der Waals surface area (Å²) >= 11 is 0. The van der Waals surface area contributed by atoms with Gasteiger partial charge in [-0.05, 0) is 37.8 Å². The van der Waals surface area contributed by atoms with Crippen LogP contribution in [0.3, 0.4) is 0 Å².